The van der Waals surface area contributed by atoms with Crippen LogP contribution < -0.4 is 10.1 Å². The van der Waals surface area contributed by atoms with Gasteiger partial charge in [0.15, 0.2) is 5.78 Å². The Kier molecular flexibility index (Phi) is 4.67. The van der Waals surface area contributed by atoms with Gasteiger partial charge in [-0.2, -0.15) is 0 Å². The number of hydrogen-bond donors (Lipinski definition) is 1. The van der Waals surface area contributed by atoms with Crippen molar-refractivity contribution in [2.75, 3.05) is 20.2 Å². The van der Waals surface area contributed by atoms with Crippen LogP contribution in [0.1, 0.15) is 34.0 Å². The van der Waals surface area contributed by atoms with Crippen LogP contribution in [0, 0.1) is 0 Å². The van der Waals surface area contributed by atoms with Crippen molar-refractivity contribution in [3.05, 3.63) is 71.4 Å². The summed E-state index contributed by atoms with van der Waals surface area (Å²) in [6.07, 6.45) is 1.56. The summed E-state index contributed by atoms with van der Waals surface area (Å²) in [4.78, 5) is 17.1. The van der Waals surface area contributed by atoms with Crippen LogP contribution in [0.3, 0.4) is 0 Å². The Morgan fingerprint density at radius 1 is 1.15 bits per heavy atom. The number of nitrogens with zero attached hydrogens (tertiary/aromatic N) is 1. The molecular weight excluding hydrogens is 324 g/mol. The Morgan fingerprint density at radius 2 is 2.00 bits per heavy atom. The summed E-state index contributed by atoms with van der Waals surface area (Å²) in [5.74, 6) is 1.42. The summed E-state index contributed by atoms with van der Waals surface area (Å²) >= 11 is 0. The molecule has 3 aromatic rings. The van der Waals surface area contributed by atoms with Crippen LogP contribution >= 0.6 is 0 Å². The molecule has 4 rings (SSSR count). The molecular formula is C22H22N2O2. The Bertz CT molecular complexity index is 929. The van der Waals surface area contributed by atoms with Crippen molar-refractivity contribution in [3.63, 3.8) is 0 Å². The molecule has 1 atom stereocenters. The van der Waals surface area contributed by atoms with Crippen LogP contribution in [0.5, 0.6) is 5.75 Å². The van der Waals surface area contributed by atoms with Crippen LogP contribution in [-0.4, -0.2) is 31.0 Å². The lowest BCUT2D eigenvalue weighted by atomic mass is 9.96. The van der Waals surface area contributed by atoms with Crippen molar-refractivity contribution in [2.24, 2.45) is 0 Å². The number of aromatic nitrogens is 1. The minimum absolute atomic E-state index is 0.0398. The van der Waals surface area contributed by atoms with Gasteiger partial charge in [0, 0.05) is 18.4 Å². The molecule has 26 heavy (non-hydrogen) atoms. The summed E-state index contributed by atoms with van der Waals surface area (Å²) in [6, 6.07) is 17.8. The molecule has 4 heteroatoms. The van der Waals surface area contributed by atoms with Crippen molar-refractivity contribution in [2.45, 2.75) is 18.8 Å². The van der Waals surface area contributed by atoms with Gasteiger partial charge in [0.25, 0.3) is 0 Å². The molecule has 1 unspecified atom stereocenters. The smallest absolute Gasteiger partial charge is 0.185 e. The predicted octanol–water partition coefficient (Wildman–Crippen LogP) is 3.75. The van der Waals surface area contributed by atoms with E-state index in [2.05, 4.69) is 34.6 Å². The number of nitrogens with one attached hydrogen (secondary N) is 1. The van der Waals surface area contributed by atoms with Gasteiger partial charge >= 0.3 is 0 Å². The Labute approximate surface area is 153 Å². The van der Waals surface area contributed by atoms with E-state index >= 15 is 0 Å². The van der Waals surface area contributed by atoms with Crippen molar-refractivity contribution < 1.29 is 9.53 Å². The number of fused-ring (bicyclic) bond motifs is 1. The third kappa shape index (κ3) is 3.46. The molecule has 0 spiro atoms. The largest absolute Gasteiger partial charge is 0.497 e. The number of benzene rings is 2. The zero-order chi connectivity index (χ0) is 17.9. The van der Waals surface area contributed by atoms with Gasteiger partial charge in [-0.15, -0.1) is 0 Å². The number of carbonyl (C=O) groups excluding carboxylic acids is 1. The lowest BCUT2D eigenvalue weighted by molar-refractivity contribution is 0.0988. The van der Waals surface area contributed by atoms with Crippen LogP contribution in [0.25, 0.3) is 10.9 Å². The SMILES string of the molecule is COc1ccc2nc(C(=O)Cc3ccc(C4CCNC4)cc3)ccc2c1. The van der Waals surface area contributed by atoms with Crippen molar-refractivity contribution >= 4 is 16.7 Å². The lowest BCUT2D eigenvalue weighted by Crippen LogP contribution is -2.08. The van der Waals surface area contributed by atoms with Gasteiger partial charge in [0.2, 0.25) is 0 Å². The Hall–Kier alpha value is -2.72. The standard InChI is InChI=1S/C22H22N2O2/c1-26-19-7-9-20-17(13-19)6-8-21(24-20)22(25)12-15-2-4-16(5-3-15)18-10-11-23-14-18/h2-9,13,18,23H,10-12,14H2,1H3. The van der Waals surface area contributed by atoms with E-state index in [0.717, 1.165) is 35.3 Å². The maximum absolute atomic E-state index is 12.6. The topological polar surface area (TPSA) is 51.2 Å². The number of ether oxygens (including phenoxy) is 1. The zero-order valence-corrected chi connectivity index (χ0v) is 14.9. The Balaban J connectivity index is 1.49. The Morgan fingerprint density at radius 3 is 2.73 bits per heavy atom. The second-order valence-corrected chi connectivity index (χ2v) is 6.79. The van der Waals surface area contributed by atoms with E-state index < -0.39 is 0 Å². The highest BCUT2D eigenvalue weighted by atomic mass is 16.5. The number of rotatable bonds is 5. The number of hydrogen-bond acceptors (Lipinski definition) is 4. The van der Waals surface area contributed by atoms with Crippen molar-refractivity contribution in [3.8, 4) is 5.75 Å². The molecule has 0 amide bonds. The van der Waals surface area contributed by atoms with Crippen LogP contribution in [0.4, 0.5) is 0 Å². The summed E-state index contributed by atoms with van der Waals surface area (Å²) in [6.45, 7) is 2.13. The second kappa shape index (κ2) is 7.26. The predicted molar refractivity (Wildman–Crippen MR) is 103 cm³/mol. The molecule has 132 valence electrons. The molecule has 2 aromatic carbocycles. The van der Waals surface area contributed by atoms with E-state index in [1.54, 1.807) is 13.2 Å². The maximum atomic E-state index is 12.6. The third-order valence-corrected chi connectivity index (χ3v) is 5.06. The lowest BCUT2D eigenvalue weighted by Gasteiger charge is -2.09. The highest BCUT2D eigenvalue weighted by Crippen LogP contribution is 2.23. The van der Waals surface area contributed by atoms with Gasteiger partial charge in [-0.25, -0.2) is 4.98 Å². The maximum Gasteiger partial charge on any atom is 0.185 e. The molecule has 1 aliphatic rings. The fraction of sp³-hybridized carbons (Fsp3) is 0.273. The van der Waals surface area contributed by atoms with E-state index in [-0.39, 0.29) is 5.78 Å². The normalized spacial score (nSPS) is 16.7. The number of methoxy groups -OCH3 is 1. The average molecular weight is 346 g/mol. The minimum Gasteiger partial charge on any atom is -0.497 e. The van der Waals surface area contributed by atoms with Crippen molar-refractivity contribution in [1.82, 2.24) is 10.3 Å². The summed E-state index contributed by atoms with van der Waals surface area (Å²) in [5.41, 5.74) is 3.69. The van der Waals surface area contributed by atoms with Crippen LogP contribution in [-0.2, 0) is 6.42 Å². The van der Waals surface area contributed by atoms with E-state index in [9.17, 15) is 4.79 Å². The highest BCUT2D eigenvalue weighted by molar-refractivity contribution is 5.97. The van der Waals surface area contributed by atoms with E-state index in [1.165, 1.54) is 12.0 Å². The molecule has 4 nitrogen and oxygen atoms in total. The second-order valence-electron chi connectivity index (χ2n) is 6.79. The molecule has 1 fully saturated rings. The number of carbonyl (C=O) groups is 1. The number of pyridine rings is 1. The fourth-order valence-corrected chi connectivity index (χ4v) is 3.51. The first-order chi connectivity index (χ1) is 12.7. The first kappa shape index (κ1) is 16.7. The van der Waals surface area contributed by atoms with Crippen LogP contribution in [0.15, 0.2) is 54.6 Å². The third-order valence-electron chi connectivity index (χ3n) is 5.06. The van der Waals surface area contributed by atoms with Gasteiger partial charge < -0.3 is 10.1 Å². The highest BCUT2D eigenvalue weighted by Gasteiger charge is 2.16. The summed E-state index contributed by atoms with van der Waals surface area (Å²) in [7, 11) is 1.64. The zero-order valence-electron chi connectivity index (χ0n) is 14.9. The van der Waals surface area contributed by atoms with Gasteiger partial charge in [-0.1, -0.05) is 30.3 Å². The van der Waals surface area contributed by atoms with E-state index in [0.29, 0.717) is 18.0 Å². The molecule has 1 aliphatic heterocycles. The first-order valence-electron chi connectivity index (χ1n) is 9.00. The van der Waals surface area contributed by atoms with Gasteiger partial charge in [-0.3, -0.25) is 4.79 Å². The van der Waals surface area contributed by atoms with Crippen molar-refractivity contribution in [1.29, 1.82) is 0 Å². The first-order valence-corrected chi connectivity index (χ1v) is 9.00. The minimum atomic E-state index is 0.0398. The molecule has 0 saturated carbocycles. The van der Waals surface area contributed by atoms with Gasteiger partial charge in [0.05, 0.1) is 12.6 Å². The molecule has 2 heterocycles. The monoisotopic (exact) mass is 346 g/mol. The van der Waals surface area contributed by atoms with Gasteiger partial charge in [0.1, 0.15) is 11.4 Å². The molecule has 1 aromatic heterocycles. The van der Waals surface area contributed by atoms with E-state index in [4.69, 9.17) is 4.74 Å². The number of ketones is 1. The number of Topliss-reactive ketones (excluding diaryl/α,β-unsaturated/α-hetero) is 1. The average Bonchev–Trinajstić information content (AvgIpc) is 3.22. The summed E-state index contributed by atoms with van der Waals surface area (Å²) in [5, 5.41) is 4.36. The molecule has 0 radical (unpaired) electrons. The van der Waals surface area contributed by atoms with Gasteiger partial charge in [-0.05, 0) is 54.3 Å². The molecule has 1 saturated heterocycles. The summed E-state index contributed by atoms with van der Waals surface area (Å²) < 4.78 is 5.23. The molecule has 0 bridgehead atoms. The van der Waals surface area contributed by atoms with E-state index in [1.807, 2.05) is 24.3 Å². The van der Waals surface area contributed by atoms with Crippen LogP contribution in [0.2, 0.25) is 0 Å². The molecule has 0 aliphatic carbocycles. The molecule has 1 N–H and O–H groups in total. The quantitative estimate of drug-likeness (QED) is 0.715. The fourth-order valence-electron chi connectivity index (χ4n) is 3.51.